The fourth-order valence-electron chi connectivity index (χ4n) is 7.51. The predicted molar refractivity (Wildman–Crippen MR) is 93.4 cm³/mol. The second kappa shape index (κ2) is 4.18. The Bertz CT molecular complexity index is 848. The average Bonchev–Trinajstić information content (AvgIpc) is 3.10. The maximum Gasteiger partial charge on any atom is 0.229 e. The molecule has 0 aromatic heterocycles. The van der Waals surface area contributed by atoms with Crippen molar-refractivity contribution in [1.82, 2.24) is 4.90 Å². The number of carbonyl (C=O) groups is 1. The normalized spacial score (nSPS) is 45.9. The summed E-state index contributed by atoms with van der Waals surface area (Å²) in [4.78, 5) is 18.1. The number of fused-ring (bicyclic) bond motifs is 2. The van der Waals surface area contributed by atoms with Crippen molar-refractivity contribution in [1.29, 1.82) is 0 Å². The van der Waals surface area contributed by atoms with Crippen LogP contribution in [0.4, 0.5) is 5.69 Å². The molecule has 1 aliphatic carbocycles. The smallest absolute Gasteiger partial charge is 0.229 e. The molecule has 6 aliphatic rings. The lowest BCUT2D eigenvalue weighted by atomic mass is 9.53. The van der Waals surface area contributed by atoms with E-state index in [4.69, 9.17) is 4.74 Å². The van der Waals surface area contributed by atoms with Crippen LogP contribution in [-0.4, -0.2) is 48.7 Å². The first-order valence-electron chi connectivity index (χ1n) is 9.75. The van der Waals surface area contributed by atoms with Gasteiger partial charge in [0.2, 0.25) is 5.91 Å². The second-order valence-corrected chi connectivity index (χ2v) is 8.78. The SMILES string of the molecule is O=C1C[C@@H]2OCC=C3CN4CC[C@]56c7ccccc7N1[C@H]5[C@H]2[C@H]3CC46. The Kier molecular flexibility index (Phi) is 2.27. The van der Waals surface area contributed by atoms with Crippen LogP contribution in [0.25, 0.3) is 0 Å². The van der Waals surface area contributed by atoms with Gasteiger partial charge in [-0.05, 0) is 36.9 Å². The van der Waals surface area contributed by atoms with Gasteiger partial charge in [0.05, 0.1) is 25.2 Å². The topological polar surface area (TPSA) is 32.8 Å². The summed E-state index contributed by atoms with van der Waals surface area (Å²) < 4.78 is 6.25. The molecule has 4 heteroatoms. The maximum atomic E-state index is 13.2. The molecule has 1 saturated carbocycles. The van der Waals surface area contributed by atoms with E-state index in [2.05, 4.69) is 40.1 Å². The minimum atomic E-state index is 0.104. The van der Waals surface area contributed by atoms with Crippen molar-refractivity contribution in [2.75, 3.05) is 24.6 Å². The van der Waals surface area contributed by atoms with Crippen molar-refractivity contribution in [3.05, 3.63) is 41.5 Å². The van der Waals surface area contributed by atoms with Crippen LogP contribution < -0.4 is 4.90 Å². The van der Waals surface area contributed by atoms with Gasteiger partial charge in [0.15, 0.2) is 0 Å². The molecule has 5 aliphatic heterocycles. The molecule has 2 bridgehead atoms. The molecule has 4 nitrogen and oxygen atoms in total. The number of piperidine rings is 2. The van der Waals surface area contributed by atoms with E-state index in [0.29, 0.717) is 36.9 Å². The molecule has 5 heterocycles. The molecule has 6 atom stereocenters. The summed E-state index contributed by atoms with van der Waals surface area (Å²) in [5, 5.41) is 0. The van der Waals surface area contributed by atoms with Crippen LogP contribution in [0.2, 0.25) is 0 Å². The van der Waals surface area contributed by atoms with Gasteiger partial charge in [0, 0.05) is 29.6 Å². The van der Waals surface area contributed by atoms with Gasteiger partial charge in [-0.3, -0.25) is 9.69 Å². The van der Waals surface area contributed by atoms with Crippen LogP contribution >= 0.6 is 0 Å². The highest BCUT2D eigenvalue weighted by Gasteiger charge is 2.70. The van der Waals surface area contributed by atoms with Crippen LogP contribution in [0.5, 0.6) is 0 Å². The number of ether oxygens (including phenoxy) is 1. The van der Waals surface area contributed by atoms with Crippen LogP contribution in [0.1, 0.15) is 24.8 Å². The average molecular weight is 334 g/mol. The van der Waals surface area contributed by atoms with Gasteiger partial charge in [0.25, 0.3) is 0 Å². The molecule has 128 valence electrons. The monoisotopic (exact) mass is 334 g/mol. The van der Waals surface area contributed by atoms with Gasteiger partial charge < -0.3 is 9.64 Å². The standard InChI is InChI=1S/C21H22N2O2/c24-18-10-16-19-13-9-17-21(6-7-22(17)11-12(13)5-8-25-16)14-3-1-2-4-15(14)23(18)20(19)21/h1-5,13,16-17,19-20H,6-11H2/t13-,16-,17?,19-,20-,21+/m0/s1. The Balaban J connectivity index is 1.55. The molecular weight excluding hydrogens is 312 g/mol. The van der Waals surface area contributed by atoms with E-state index in [1.54, 1.807) is 5.57 Å². The third-order valence-corrected chi connectivity index (χ3v) is 8.22. The fraction of sp³-hybridized carbons (Fsp3) is 0.571. The fourth-order valence-corrected chi connectivity index (χ4v) is 7.51. The van der Waals surface area contributed by atoms with Gasteiger partial charge in [-0.2, -0.15) is 0 Å². The Morgan fingerprint density at radius 2 is 2.16 bits per heavy atom. The first-order chi connectivity index (χ1) is 12.3. The quantitative estimate of drug-likeness (QED) is 0.681. The molecular formula is C21H22N2O2. The second-order valence-electron chi connectivity index (χ2n) is 8.78. The summed E-state index contributed by atoms with van der Waals surface area (Å²) >= 11 is 0. The molecule has 3 saturated heterocycles. The molecule has 1 unspecified atom stereocenters. The molecule has 7 rings (SSSR count). The van der Waals surface area contributed by atoms with Crippen molar-refractivity contribution >= 4 is 11.6 Å². The predicted octanol–water partition coefficient (Wildman–Crippen LogP) is 2.09. The number of nitrogens with zero attached hydrogens (tertiary/aromatic N) is 2. The molecule has 1 aromatic rings. The number of para-hydroxylation sites is 1. The summed E-state index contributed by atoms with van der Waals surface area (Å²) in [5.74, 6) is 1.35. The molecule has 4 fully saturated rings. The van der Waals surface area contributed by atoms with Gasteiger partial charge in [0.1, 0.15) is 0 Å². The third kappa shape index (κ3) is 1.33. The highest BCUT2D eigenvalue weighted by Crippen LogP contribution is 2.65. The Labute approximate surface area is 147 Å². The van der Waals surface area contributed by atoms with Crippen molar-refractivity contribution < 1.29 is 9.53 Å². The van der Waals surface area contributed by atoms with Crippen molar-refractivity contribution in [3.8, 4) is 0 Å². The van der Waals surface area contributed by atoms with E-state index in [1.807, 2.05) is 0 Å². The molecule has 0 N–H and O–H groups in total. The number of anilines is 1. The van der Waals surface area contributed by atoms with Crippen LogP contribution in [0.3, 0.4) is 0 Å². The lowest BCUT2D eigenvalue weighted by Gasteiger charge is -2.58. The first-order valence-corrected chi connectivity index (χ1v) is 9.75. The number of amides is 1. The van der Waals surface area contributed by atoms with Crippen LogP contribution in [0.15, 0.2) is 35.9 Å². The number of hydrogen-bond acceptors (Lipinski definition) is 3. The summed E-state index contributed by atoms with van der Waals surface area (Å²) in [5.41, 5.74) is 4.35. The number of benzene rings is 1. The highest BCUT2D eigenvalue weighted by molar-refractivity contribution is 5.99. The van der Waals surface area contributed by atoms with Crippen molar-refractivity contribution in [2.45, 2.75) is 42.9 Å². The highest BCUT2D eigenvalue weighted by atomic mass is 16.5. The number of hydrogen-bond donors (Lipinski definition) is 0. The zero-order valence-corrected chi connectivity index (χ0v) is 14.2. The summed E-state index contributed by atoms with van der Waals surface area (Å²) in [6, 6.07) is 9.64. The van der Waals surface area contributed by atoms with E-state index in [1.165, 1.54) is 30.6 Å². The Morgan fingerprint density at radius 3 is 3.12 bits per heavy atom. The van der Waals surface area contributed by atoms with E-state index < -0.39 is 0 Å². The van der Waals surface area contributed by atoms with Crippen LogP contribution in [0, 0.1) is 11.8 Å². The Hall–Kier alpha value is -1.65. The zero-order valence-electron chi connectivity index (χ0n) is 14.2. The minimum absolute atomic E-state index is 0.104. The maximum absolute atomic E-state index is 13.2. The summed E-state index contributed by atoms with van der Waals surface area (Å²) in [7, 11) is 0. The Morgan fingerprint density at radius 1 is 1.24 bits per heavy atom. The van der Waals surface area contributed by atoms with Gasteiger partial charge in [-0.15, -0.1) is 0 Å². The lowest BCUT2D eigenvalue weighted by molar-refractivity contribution is -0.132. The number of carbonyl (C=O) groups excluding carboxylic acids is 1. The van der Waals surface area contributed by atoms with Gasteiger partial charge in [-0.25, -0.2) is 0 Å². The first kappa shape index (κ1) is 13.5. The van der Waals surface area contributed by atoms with Crippen molar-refractivity contribution in [3.63, 3.8) is 0 Å². The molecule has 1 aromatic carbocycles. The summed E-state index contributed by atoms with van der Waals surface area (Å²) in [6.07, 6.45) is 5.43. The van der Waals surface area contributed by atoms with Gasteiger partial charge >= 0.3 is 0 Å². The largest absolute Gasteiger partial charge is 0.373 e. The number of rotatable bonds is 0. The summed E-state index contributed by atoms with van der Waals surface area (Å²) in [6.45, 7) is 2.97. The zero-order chi connectivity index (χ0) is 16.3. The molecule has 1 amide bonds. The third-order valence-electron chi connectivity index (χ3n) is 8.22. The molecule has 0 radical (unpaired) electrons. The minimum Gasteiger partial charge on any atom is -0.373 e. The van der Waals surface area contributed by atoms with E-state index in [0.717, 1.165) is 6.54 Å². The lowest BCUT2D eigenvalue weighted by Crippen LogP contribution is -2.69. The molecule has 25 heavy (non-hydrogen) atoms. The molecule has 1 spiro atoms. The van der Waals surface area contributed by atoms with E-state index in [-0.39, 0.29) is 17.4 Å². The van der Waals surface area contributed by atoms with E-state index in [9.17, 15) is 4.79 Å². The van der Waals surface area contributed by atoms with E-state index >= 15 is 0 Å². The van der Waals surface area contributed by atoms with Crippen molar-refractivity contribution in [2.24, 2.45) is 11.8 Å². The van der Waals surface area contributed by atoms with Crippen LogP contribution in [-0.2, 0) is 14.9 Å². The van der Waals surface area contributed by atoms with Gasteiger partial charge in [-0.1, -0.05) is 29.8 Å².